The third-order valence-corrected chi connectivity index (χ3v) is 4.02. The van der Waals surface area contributed by atoms with E-state index in [-0.39, 0.29) is 0 Å². The highest BCUT2D eigenvalue weighted by molar-refractivity contribution is 4.93. The maximum absolute atomic E-state index is 5.64. The molecule has 1 aromatic rings. The van der Waals surface area contributed by atoms with Crippen LogP contribution in [0.15, 0.2) is 12.4 Å². The average Bonchev–Trinajstić information content (AvgIpc) is 2.85. The van der Waals surface area contributed by atoms with Gasteiger partial charge in [0.2, 0.25) is 0 Å². The van der Waals surface area contributed by atoms with Gasteiger partial charge in [0.1, 0.15) is 5.82 Å². The van der Waals surface area contributed by atoms with Crippen molar-refractivity contribution in [3.8, 4) is 0 Å². The fraction of sp³-hybridized carbons (Fsp3) is 0.800. The minimum Gasteiger partial charge on any atom is -0.381 e. The van der Waals surface area contributed by atoms with Crippen LogP contribution in [0.25, 0.3) is 0 Å². The Labute approximate surface area is 116 Å². The van der Waals surface area contributed by atoms with E-state index < -0.39 is 0 Å². The minimum absolute atomic E-state index is 0.567. The predicted octanol–water partition coefficient (Wildman–Crippen LogP) is 2.15. The van der Waals surface area contributed by atoms with E-state index in [0.29, 0.717) is 12.0 Å². The van der Waals surface area contributed by atoms with E-state index in [1.165, 1.54) is 25.1 Å². The molecule has 1 saturated heterocycles. The lowest BCUT2D eigenvalue weighted by Crippen LogP contribution is -2.41. The molecule has 19 heavy (non-hydrogen) atoms. The number of hydrogen-bond donors (Lipinski definition) is 1. The van der Waals surface area contributed by atoms with Crippen LogP contribution in [0.5, 0.6) is 0 Å². The molecule has 2 rings (SSSR count). The van der Waals surface area contributed by atoms with Gasteiger partial charge < -0.3 is 14.6 Å². The van der Waals surface area contributed by atoms with E-state index in [2.05, 4.69) is 28.8 Å². The summed E-state index contributed by atoms with van der Waals surface area (Å²) in [6.45, 7) is 5.18. The Hall–Kier alpha value is -0.870. The molecule has 0 aromatic carbocycles. The van der Waals surface area contributed by atoms with Crippen molar-refractivity contribution in [1.82, 2.24) is 14.9 Å². The van der Waals surface area contributed by atoms with Gasteiger partial charge in [0.25, 0.3) is 0 Å². The average molecular weight is 265 g/mol. The van der Waals surface area contributed by atoms with E-state index in [9.17, 15) is 0 Å². The Bertz CT molecular complexity index is 358. The summed E-state index contributed by atoms with van der Waals surface area (Å²) in [7, 11) is 2.07. The molecule has 0 aliphatic carbocycles. The summed E-state index contributed by atoms with van der Waals surface area (Å²) in [4.78, 5) is 4.42. The number of imidazole rings is 1. The summed E-state index contributed by atoms with van der Waals surface area (Å²) in [6, 6.07) is 0.567. The van der Waals surface area contributed by atoms with Crippen LogP contribution < -0.4 is 5.32 Å². The molecular formula is C15H27N3O. The molecule has 1 aliphatic heterocycles. The zero-order valence-corrected chi connectivity index (χ0v) is 12.3. The van der Waals surface area contributed by atoms with Crippen molar-refractivity contribution in [1.29, 1.82) is 0 Å². The van der Waals surface area contributed by atoms with Crippen molar-refractivity contribution in [3.63, 3.8) is 0 Å². The van der Waals surface area contributed by atoms with Crippen molar-refractivity contribution in [2.45, 2.75) is 45.1 Å². The van der Waals surface area contributed by atoms with Crippen molar-refractivity contribution in [2.24, 2.45) is 13.0 Å². The first-order valence-electron chi connectivity index (χ1n) is 7.58. The second kappa shape index (κ2) is 7.65. The van der Waals surface area contributed by atoms with Gasteiger partial charge in [-0.2, -0.15) is 0 Å². The summed E-state index contributed by atoms with van der Waals surface area (Å²) in [6.07, 6.45) is 9.78. The largest absolute Gasteiger partial charge is 0.381 e. The monoisotopic (exact) mass is 265 g/mol. The lowest BCUT2D eigenvalue weighted by Gasteiger charge is -2.31. The molecule has 2 atom stereocenters. The van der Waals surface area contributed by atoms with Gasteiger partial charge in [0.15, 0.2) is 0 Å². The lowest BCUT2D eigenvalue weighted by atomic mass is 9.90. The number of nitrogens with one attached hydrogen (secondary N) is 1. The minimum atomic E-state index is 0.567. The van der Waals surface area contributed by atoms with Gasteiger partial charge in [-0.3, -0.25) is 0 Å². The maximum Gasteiger partial charge on any atom is 0.108 e. The standard InChI is InChI=1S/C15H27N3O/c1-3-8-16-14(13-5-4-11-19-12-13)6-7-15-17-9-10-18(15)2/h9-10,13-14,16H,3-8,11-12H2,1-2H3. The van der Waals surface area contributed by atoms with E-state index >= 15 is 0 Å². The van der Waals surface area contributed by atoms with Crippen molar-refractivity contribution in [2.75, 3.05) is 19.8 Å². The third-order valence-electron chi connectivity index (χ3n) is 4.02. The molecule has 1 N–H and O–H groups in total. The summed E-state index contributed by atoms with van der Waals surface area (Å²) < 4.78 is 7.76. The molecule has 1 aliphatic rings. The number of aromatic nitrogens is 2. The topological polar surface area (TPSA) is 39.1 Å². The first-order chi connectivity index (χ1) is 9.31. The van der Waals surface area contributed by atoms with Crippen LogP contribution in [-0.4, -0.2) is 35.4 Å². The summed E-state index contributed by atoms with van der Waals surface area (Å²) in [5.41, 5.74) is 0. The molecular weight excluding hydrogens is 238 g/mol. The molecule has 2 heterocycles. The summed E-state index contributed by atoms with van der Waals surface area (Å²) >= 11 is 0. The Balaban J connectivity index is 1.87. The Morgan fingerprint density at radius 2 is 2.47 bits per heavy atom. The van der Waals surface area contributed by atoms with Gasteiger partial charge in [-0.25, -0.2) is 4.98 Å². The second-order valence-corrected chi connectivity index (χ2v) is 5.53. The van der Waals surface area contributed by atoms with Gasteiger partial charge in [-0.1, -0.05) is 6.92 Å². The highest BCUT2D eigenvalue weighted by Gasteiger charge is 2.23. The van der Waals surface area contributed by atoms with E-state index in [1.54, 1.807) is 0 Å². The Kier molecular flexibility index (Phi) is 5.86. The molecule has 0 bridgehead atoms. The fourth-order valence-corrected chi connectivity index (χ4v) is 2.84. The summed E-state index contributed by atoms with van der Waals surface area (Å²) in [5, 5.41) is 3.70. The normalized spacial score (nSPS) is 21.5. The third kappa shape index (κ3) is 4.32. The quantitative estimate of drug-likeness (QED) is 0.821. The van der Waals surface area contributed by atoms with Gasteiger partial charge in [0.05, 0.1) is 6.61 Å². The molecule has 4 nitrogen and oxygen atoms in total. The summed E-state index contributed by atoms with van der Waals surface area (Å²) in [5.74, 6) is 1.85. The predicted molar refractivity (Wildman–Crippen MR) is 77.2 cm³/mol. The zero-order valence-electron chi connectivity index (χ0n) is 12.3. The van der Waals surface area contributed by atoms with Crippen LogP contribution in [0.3, 0.4) is 0 Å². The van der Waals surface area contributed by atoms with Crippen LogP contribution in [0, 0.1) is 5.92 Å². The van der Waals surface area contributed by atoms with Gasteiger partial charge >= 0.3 is 0 Å². The van der Waals surface area contributed by atoms with Crippen molar-refractivity contribution < 1.29 is 4.74 Å². The number of ether oxygens (including phenoxy) is 1. The Morgan fingerprint density at radius 1 is 1.58 bits per heavy atom. The molecule has 0 amide bonds. The molecule has 1 aromatic heterocycles. The van der Waals surface area contributed by atoms with Crippen LogP contribution in [0.2, 0.25) is 0 Å². The van der Waals surface area contributed by atoms with Crippen LogP contribution in [0.1, 0.15) is 38.4 Å². The molecule has 0 saturated carbocycles. The van der Waals surface area contributed by atoms with Gasteiger partial charge in [-0.05, 0) is 38.1 Å². The molecule has 0 radical (unpaired) electrons. The number of hydrogen-bond acceptors (Lipinski definition) is 3. The van der Waals surface area contributed by atoms with E-state index in [4.69, 9.17) is 4.74 Å². The van der Waals surface area contributed by atoms with Gasteiger partial charge in [-0.15, -0.1) is 0 Å². The maximum atomic E-state index is 5.64. The molecule has 108 valence electrons. The first kappa shape index (κ1) is 14.5. The van der Waals surface area contributed by atoms with E-state index in [0.717, 1.165) is 32.6 Å². The second-order valence-electron chi connectivity index (χ2n) is 5.53. The zero-order chi connectivity index (χ0) is 13.5. The van der Waals surface area contributed by atoms with Crippen LogP contribution in [-0.2, 0) is 18.2 Å². The number of rotatable bonds is 7. The highest BCUT2D eigenvalue weighted by atomic mass is 16.5. The molecule has 0 spiro atoms. The Morgan fingerprint density at radius 3 is 3.11 bits per heavy atom. The van der Waals surface area contributed by atoms with E-state index in [1.807, 2.05) is 12.4 Å². The number of aryl methyl sites for hydroxylation is 2. The fourth-order valence-electron chi connectivity index (χ4n) is 2.84. The molecule has 2 unspecified atom stereocenters. The number of nitrogens with zero attached hydrogens (tertiary/aromatic N) is 2. The van der Waals surface area contributed by atoms with Gasteiger partial charge in [0, 0.05) is 38.5 Å². The van der Waals surface area contributed by atoms with Crippen molar-refractivity contribution >= 4 is 0 Å². The SMILES string of the molecule is CCCNC(CCc1nccn1C)C1CCCOC1. The van der Waals surface area contributed by atoms with Crippen molar-refractivity contribution in [3.05, 3.63) is 18.2 Å². The first-order valence-corrected chi connectivity index (χ1v) is 7.58. The smallest absolute Gasteiger partial charge is 0.108 e. The molecule has 4 heteroatoms. The highest BCUT2D eigenvalue weighted by Crippen LogP contribution is 2.20. The lowest BCUT2D eigenvalue weighted by molar-refractivity contribution is 0.0379. The molecule has 1 fully saturated rings. The van der Waals surface area contributed by atoms with Crippen LogP contribution >= 0.6 is 0 Å². The van der Waals surface area contributed by atoms with Crippen LogP contribution in [0.4, 0.5) is 0 Å².